The van der Waals surface area contributed by atoms with E-state index in [0.717, 1.165) is 18.8 Å². The van der Waals surface area contributed by atoms with Crippen molar-refractivity contribution in [3.05, 3.63) is 96.3 Å². The molecule has 32 heavy (non-hydrogen) atoms. The molecular formula is C26H23N3O3. The number of hydrogen-bond donors (Lipinski definition) is 1. The molecule has 0 atom stereocenters. The van der Waals surface area contributed by atoms with Crippen molar-refractivity contribution in [3.8, 4) is 0 Å². The van der Waals surface area contributed by atoms with E-state index in [4.69, 9.17) is 4.42 Å². The van der Waals surface area contributed by atoms with Gasteiger partial charge in [0.25, 0.3) is 11.8 Å². The molecule has 0 unspecified atom stereocenters. The van der Waals surface area contributed by atoms with Gasteiger partial charge in [0.05, 0.1) is 0 Å². The van der Waals surface area contributed by atoms with Crippen LogP contribution in [0.25, 0.3) is 11.0 Å². The van der Waals surface area contributed by atoms with Crippen molar-refractivity contribution in [3.63, 3.8) is 0 Å². The summed E-state index contributed by atoms with van der Waals surface area (Å²) in [6.07, 6.45) is 0. The Bertz CT molecular complexity index is 1240. The Hall–Kier alpha value is -4.06. The smallest absolute Gasteiger partial charge is 0.291 e. The summed E-state index contributed by atoms with van der Waals surface area (Å²) in [5, 5.41) is 3.63. The first-order chi connectivity index (χ1) is 15.7. The van der Waals surface area contributed by atoms with E-state index >= 15 is 0 Å². The second kappa shape index (κ2) is 8.59. The highest BCUT2D eigenvalue weighted by Gasteiger charge is 2.29. The third kappa shape index (κ3) is 3.83. The lowest BCUT2D eigenvalue weighted by atomic mass is 10.1. The zero-order chi connectivity index (χ0) is 21.9. The summed E-state index contributed by atoms with van der Waals surface area (Å²) in [4.78, 5) is 30.3. The van der Waals surface area contributed by atoms with Crippen molar-refractivity contribution in [1.29, 1.82) is 0 Å². The van der Waals surface area contributed by atoms with Gasteiger partial charge in [-0.05, 0) is 36.4 Å². The number of piperazine rings is 1. The zero-order valence-electron chi connectivity index (χ0n) is 17.5. The van der Waals surface area contributed by atoms with Gasteiger partial charge in [0.2, 0.25) is 5.76 Å². The predicted molar refractivity (Wildman–Crippen MR) is 125 cm³/mol. The van der Waals surface area contributed by atoms with E-state index in [0.29, 0.717) is 35.3 Å². The van der Waals surface area contributed by atoms with Crippen LogP contribution < -0.4 is 10.2 Å². The summed E-state index contributed by atoms with van der Waals surface area (Å²) < 4.78 is 5.94. The van der Waals surface area contributed by atoms with E-state index in [-0.39, 0.29) is 17.6 Å². The Morgan fingerprint density at radius 2 is 1.38 bits per heavy atom. The van der Waals surface area contributed by atoms with Gasteiger partial charge in [-0.15, -0.1) is 0 Å². The first-order valence-electron chi connectivity index (χ1n) is 10.7. The van der Waals surface area contributed by atoms with Crippen LogP contribution in [-0.2, 0) is 0 Å². The number of fused-ring (bicyclic) bond motifs is 1. The number of furan rings is 1. The van der Waals surface area contributed by atoms with E-state index in [1.165, 1.54) is 0 Å². The van der Waals surface area contributed by atoms with Gasteiger partial charge in [-0.25, -0.2) is 0 Å². The standard InChI is InChI=1S/C26H23N3O3/c30-25(19-9-3-1-4-10-19)27-23-21-13-7-8-14-22(21)32-24(23)26(31)29-17-15-28(16-18-29)20-11-5-2-6-12-20/h1-14H,15-18H2,(H,27,30). The minimum absolute atomic E-state index is 0.170. The molecule has 1 fully saturated rings. The Balaban J connectivity index is 1.39. The SMILES string of the molecule is O=C(Nc1c(C(=O)N2CCN(c3ccccc3)CC2)oc2ccccc12)c1ccccc1. The highest BCUT2D eigenvalue weighted by Crippen LogP contribution is 2.32. The number of amides is 2. The number of para-hydroxylation sites is 2. The van der Waals surface area contributed by atoms with Gasteiger partial charge in [0.15, 0.2) is 0 Å². The zero-order valence-corrected chi connectivity index (χ0v) is 17.5. The molecule has 4 aromatic rings. The van der Waals surface area contributed by atoms with Crippen LogP contribution in [0.3, 0.4) is 0 Å². The fraction of sp³-hybridized carbons (Fsp3) is 0.154. The molecule has 6 heteroatoms. The predicted octanol–water partition coefficient (Wildman–Crippen LogP) is 4.65. The molecular weight excluding hydrogens is 402 g/mol. The average Bonchev–Trinajstić information content (AvgIpc) is 3.23. The minimum Gasteiger partial charge on any atom is -0.449 e. The molecule has 2 amide bonds. The lowest BCUT2D eigenvalue weighted by Crippen LogP contribution is -2.48. The molecule has 1 saturated heterocycles. The maximum Gasteiger partial charge on any atom is 0.291 e. The highest BCUT2D eigenvalue weighted by atomic mass is 16.3. The highest BCUT2D eigenvalue weighted by molar-refractivity contribution is 6.14. The summed E-state index contributed by atoms with van der Waals surface area (Å²) in [5.41, 5.74) is 2.67. The summed E-state index contributed by atoms with van der Waals surface area (Å²) in [5.74, 6) is -0.319. The Morgan fingerprint density at radius 3 is 2.09 bits per heavy atom. The molecule has 160 valence electrons. The number of carbonyl (C=O) groups is 2. The quantitative estimate of drug-likeness (QED) is 0.517. The van der Waals surface area contributed by atoms with Crippen molar-refractivity contribution in [2.75, 3.05) is 36.4 Å². The van der Waals surface area contributed by atoms with Crippen LogP contribution in [-0.4, -0.2) is 42.9 Å². The normalized spacial score (nSPS) is 13.9. The van der Waals surface area contributed by atoms with Crippen LogP contribution in [0.2, 0.25) is 0 Å². The lowest BCUT2D eigenvalue weighted by molar-refractivity contribution is 0.0718. The van der Waals surface area contributed by atoms with Gasteiger partial charge in [-0.2, -0.15) is 0 Å². The number of rotatable bonds is 4. The van der Waals surface area contributed by atoms with Gasteiger partial charge >= 0.3 is 0 Å². The monoisotopic (exact) mass is 425 g/mol. The molecule has 1 aliphatic rings. The molecule has 5 rings (SSSR count). The van der Waals surface area contributed by atoms with Gasteiger partial charge < -0.3 is 19.5 Å². The fourth-order valence-corrected chi connectivity index (χ4v) is 4.05. The van der Waals surface area contributed by atoms with Crippen LogP contribution in [0.4, 0.5) is 11.4 Å². The molecule has 0 spiro atoms. The third-order valence-corrected chi connectivity index (χ3v) is 5.75. The number of nitrogens with one attached hydrogen (secondary N) is 1. The van der Waals surface area contributed by atoms with Crippen molar-refractivity contribution in [1.82, 2.24) is 4.90 Å². The number of hydrogen-bond acceptors (Lipinski definition) is 4. The summed E-state index contributed by atoms with van der Waals surface area (Å²) in [6.45, 7) is 2.64. The van der Waals surface area contributed by atoms with Crippen molar-refractivity contribution in [2.24, 2.45) is 0 Å². The first kappa shape index (κ1) is 19.9. The fourth-order valence-electron chi connectivity index (χ4n) is 4.05. The molecule has 0 saturated carbocycles. The molecule has 1 N–H and O–H groups in total. The van der Waals surface area contributed by atoms with Crippen LogP contribution in [0, 0.1) is 0 Å². The molecule has 6 nitrogen and oxygen atoms in total. The molecule has 2 heterocycles. The molecule has 3 aromatic carbocycles. The average molecular weight is 425 g/mol. The van der Waals surface area contributed by atoms with Crippen LogP contribution in [0.15, 0.2) is 89.3 Å². The van der Waals surface area contributed by atoms with Gasteiger partial charge in [0.1, 0.15) is 11.3 Å². The molecule has 0 aliphatic carbocycles. The molecule has 0 radical (unpaired) electrons. The number of benzene rings is 3. The van der Waals surface area contributed by atoms with Gasteiger partial charge in [0, 0.05) is 42.8 Å². The van der Waals surface area contributed by atoms with E-state index < -0.39 is 0 Å². The summed E-state index contributed by atoms with van der Waals surface area (Å²) >= 11 is 0. The van der Waals surface area contributed by atoms with Crippen LogP contribution in [0.1, 0.15) is 20.9 Å². The third-order valence-electron chi connectivity index (χ3n) is 5.75. The van der Waals surface area contributed by atoms with Crippen molar-refractivity contribution in [2.45, 2.75) is 0 Å². The summed E-state index contributed by atoms with van der Waals surface area (Å²) in [6, 6.07) is 26.5. The topological polar surface area (TPSA) is 65.8 Å². The molecule has 1 aliphatic heterocycles. The van der Waals surface area contributed by atoms with Crippen molar-refractivity contribution >= 4 is 34.2 Å². The second-order valence-electron chi connectivity index (χ2n) is 7.74. The number of nitrogens with zero attached hydrogens (tertiary/aromatic N) is 2. The molecule has 0 bridgehead atoms. The lowest BCUT2D eigenvalue weighted by Gasteiger charge is -2.35. The van der Waals surface area contributed by atoms with E-state index in [1.807, 2.05) is 42.5 Å². The van der Waals surface area contributed by atoms with Crippen LogP contribution >= 0.6 is 0 Å². The minimum atomic E-state index is -0.278. The van der Waals surface area contributed by atoms with Gasteiger partial charge in [-0.3, -0.25) is 9.59 Å². The molecule has 1 aromatic heterocycles. The first-order valence-corrected chi connectivity index (χ1v) is 10.7. The van der Waals surface area contributed by atoms with Crippen LogP contribution in [0.5, 0.6) is 0 Å². The maximum atomic E-state index is 13.4. The van der Waals surface area contributed by atoms with E-state index in [9.17, 15) is 9.59 Å². The number of anilines is 2. The second-order valence-corrected chi connectivity index (χ2v) is 7.74. The van der Waals surface area contributed by atoms with E-state index in [2.05, 4.69) is 22.3 Å². The van der Waals surface area contributed by atoms with E-state index in [1.54, 1.807) is 35.2 Å². The number of carbonyl (C=O) groups excluding carboxylic acids is 2. The maximum absolute atomic E-state index is 13.4. The Kier molecular flexibility index (Phi) is 5.34. The largest absolute Gasteiger partial charge is 0.449 e. The Labute approximate surface area is 186 Å². The van der Waals surface area contributed by atoms with Crippen molar-refractivity contribution < 1.29 is 14.0 Å². The van der Waals surface area contributed by atoms with Gasteiger partial charge in [-0.1, -0.05) is 48.5 Å². The summed E-state index contributed by atoms with van der Waals surface area (Å²) in [7, 11) is 0. The Morgan fingerprint density at radius 1 is 0.750 bits per heavy atom.